The summed E-state index contributed by atoms with van der Waals surface area (Å²) in [5, 5.41) is 2.44. The van der Waals surface area contributed by atoms with Crippen molar-refractivity contribution in [2.75, 3.05) is 20.1 Å². The molecule has 0 saturated carbocycles. The van der Waals surface area contributed by atoms with E-state index in [1.54, 1.807) is 13.0 Å². The number of benzene rings is 1. The summed E-state index contributed by atoms with van der Waals surface area (Å²) in [5.74, 6) is -1.05. The highest BCUT2D eigenvalue weighted by Gasteiger charge is 2.18. The fourth-order valence-electron chi connectivity index (χ4n) is 3.67. The fraction of sp³-hybridized carbons (Fsp3) is 0.273. The van der Waals surface area contributed by atoms with Crippen LogP contribution in [0.2, 0.25) is 0 Å². The number of hydrogen-bond donors (Lipinski definition) is 2. The van der Waals surface area contributed by atoms with E-state index in [9.17, 15) is 14.0 Å². The van der Waals surface area contributed by atoms with Gasteiger partial charge in [0, 0.05) is 36.7 Å². The highest BCUT2D eigenvalue weighted by molar-refractivity contribution is 9.10. The summed E-state index contributed by atoms with van der Waals surface area (Å²) in [4.78, 5) is 36.8. The number of halogens is 2. The van der Waals surface area contributed by atoms with Crippen LogP contribution in [0.3, 0.4) is 0 Å². The monoisotopic (exact) mass is 485 g/mol. The lowest BCUT2D eigenvalue weighted by Gasteiger charge is -2.26. The predicted molar refractivity (Wildman–Crippen MR) is 120 cm³/mol. The molecule has 160 valence electrons. The van der Waals surface area contributed by atoms with Crippen molar-refractivity contribution in [2.24, 2.45) is 0 Å². The van der Waals surface area contributed by atoms with Gasteiger partial charge in [-0.05, 0) is 64.7 Å². The zero-order valence-electron chi connectivity index (χ0n) is 17.1. The van der Waals surface area contributed by atoms with E-state index in [0.717, 1.165) is 27.7 Å². The molecule has 0 radical (unpaired) electrons. The van der Waals surface area contributed by atoms with Gasteiger partial charge in [-0.1, -0.05) is 6.08 Å². The van der Waals surface area contributed by atoms with Crippen molar-refractivity contribution >= 4 is 38.4 Å². The van der Waals surface area contributed by atoms with Gasteiger partial charge in [0.25, 0.3) is 11.5 Å². The Balaban J connectivity index is 1.51. The molecule has 3 aromatic rings. The number of H-pyrrole nitrogens is 1. The minimum absolute atomic E-state index is 0.0615. The Morgan fingerprint density at radius 2 is 2.13 bits per heavy atom. The molecule has 0 bridgehead atoms. The number of hydrogen-bond acceptors (Lipinski definition) is 5. The van der Waals surface area contributed by atoms with E-state index in [1.807, 2.05) is 18.2 Å². The van der Waals surface area contributed by atoms with E-state index in [-0.39, 0.29) is 11.3 Å². The molecule has 3 heterocycles. The van der Waals surface area contributed by atoms with Gasteiger partial charge < -0.3 is 10.3 Å². The SMILES string of the molecule is CNC(=O)c1ccc(C2=CCN(Cc3cc(Br)c4nc(C)c(=O)[nH]c4c3)CC2)c(F)n1. The van der Waals surface area contributed by atoms with Crippen LogP contribution in [0, 0.1) is 12.9 Å². The number of aromatic amines is 1. The predicted octanol–water partition coefficient (Wildman–Crippen LogP) is 3.18. The van der Waals surface area contributed by atoms with Gasteiger partial charge in [-0.25, -0.2) is 9.97 Å². The highest BCUT2D eigenvalue weighted by Crippen LogP contribution is 2.27. The van der Waals surface area contributed by atoms with Crippen molar-refractivity contribution in [3.8, 4) is 0 Å². The first-order valence-corrected chi connectivity index (χ1v) is 10.6. The van der Waals surface area contributed by atoms with Crippen molar-refractivity contribution in [1.82, 2.24) is 25.2 Å². The number of aromatic nitrogens is 3. The molecule has 2 N–H and O–H groups in total. The first-order valence-electron chi connectivity index (χ1n) is 9.85. The average molecular weight is 486 g/mol. The number of carbonyl (C=O) groups is 1. The maximum Gasteiger partial charge on any atom is 0.269 e. The lowest BCUT2D eigenvalue weighted by atomic mass is 10.00. The van der Waals surface area contributed by atoms with Gasteiger partial charge in [0.05, 0.1) is 5.52 Å². The number of carbonyl (C=O) groups excluding carboxylic acids is 1. The van der Waals surface area contributed by atoms with Crippen molar-refractivity contribution < 1.29 is 9.18 Å². The van der Waals surface area contributed by atoms with E-state index < -0.39 is 11.9 Å². The molecule has 0 aliphatic carbocycles. The van der Waals surface area contributed by atoms with Crippen LogP contribution in [-0.4, -0.2) is 45.9 Å². The van der Waals surface area contributed by atoms with Gasteiger partial charge in [-0.3, -0.25) is 14.5 Å². The summed E-state index contributed by atoms with van der Waals surface area (Å²) >= 11 is 3.55. The molecule has 1 amide bonds. The number of fused-ring (bicyclic) bond motifs is 1. The molecule has 0 saturated heterocycles. The van der Waals surface area contributed by atoms with Crippen LogP contribution in [0.1, 0.15) is 33.7 Å². The quantitative estimate of drug-likeness (QED) is 0.553. The Bertz CT molecular complexity index is 1270. The maximum atomic E-state index is 14.4. The molecule has 1 aliphatic heterocycles. The molecular weight excluding hydrogens is 465 g/mol. The standard InChI is InChI=1S/C22H21BrFN5O2/c1-12-21(30)28-18-10-13(9-16(23)19(18)26-12)11-29-7-5-14(6-8-29)15-3-4-17(22(31)25-2)27-20(15)24/h3-5,9-10H,6-8,11H2,1-2H3,(H,25,31)(H,28,30). The van der Waals surface area contributed by atoms with Crippen molar-refractivity contribution in [3.05, 3.63) is 73.6 Å². The lowest BCUT2D eigenvalue weighted by molar-refractivity contribution is 0.0957. The Hall–Kier alpha value is -2.91. The largest absolute Gasteiger partial charge is 0.354 e. The van der Waals surface area contributed by atoms with Crippen LogP contribution in [0.4, 0.5) is 4.39 Å². The molecule has 1 aliphatic rings. The molecule has 0 unspecified atom stereocenters. The number of aryl methyl sites for hydroxylation is 1. The number of nitrogens with zero attached hydrogens (tertiary/aromatic N) is 3. The average Bonchev–Trinajstić information content (AvgIpc) is 2.75. The first-order chi connectivity index (χ1) is 14.9. The Kier molecular flexibility index (Phi) is 5.97. The van der Waals surface area contributed by atoms with E-state index in [2.05, 4.69) is 41.1 Å². The normalized spacial score (nSPS) is 14.5. The Morgan fingerprint density at radius 1 is 1.32 bits per heavy atom. The zero-order chi connectivity index (χ0) is 22.1. The van der Waals surface area contributed by atoms with Gasteiger partial charge in [0.2, 0.25) is 5.95 Å². The molecule has 1 aromatic carbocycles. The van der Waals surface area contributed by atoms with Gasteiger partial charge >= 0.3 is 0 Å². The molecule has 4 rings (SSSR count). The van der Waals surface area contributed by atoms with Gasteiger partial charge in [-0.2, -0.15) is 4.39 Å². The zero-order valence-corrected chi connectivity index (χ0v) is 18.7. The summed E-state index contributed by atoms with van der Waals surface area (Å²) in [6.45, 7) is 3.77. The molecule has 31 heavy (non-hydrogen) atoms. The molecule has 2 aromatic heterocycles. The minimum Gasteiger partial charge on any atom is -0.354 e. The molecule has 7 nitrogen and oxygen atoms in total. The molecule has 9 heteroatoms. The van der Waals surface area contributed by atoms with Crippen LogP contribution in [0.25, 0.3) is 16.6 Å². The first kappa shape index (κ1) is 21.3. The van der Waals surface area contributed by atoms with Crippen LogP contribution in [0.5, 0.6) is 0 Å². The fourth-order valence-corrected chi connectivity index (χ4v) is 4.27. The van der Waals surface area contributed by atoms with Crippen LogP contribution in [0.15, 0.2) is 39.6 Å². The summed E-state index contributed by atoms with van der Waals surface area (Å²) in [6, 6.07) is 7.09. The van der Waals surface area contributed by atoms with Crippen molar-refractivity contribution in [1.29, 1.82) is 0 Å². The van der Waals surface area contributed by atoms with Crippen LogP contribution in [-0.2, 0) is 6.54 Å². The molecular formula is C22H21BrFN5O2. The minimum atomic E-state index is -0.633. The van der Waals surface area contributed by atoms with Crippen molar-refractivity contribution in [2.45, 2.75) is 19.9 Å². The van der Waals surface area contributed by atoms with E-state index in [0.29, 0.717) is 36.3 Å². The molecule has 0 atom stereocenters. The van der Waals surface area contributed by atoms with E-state index in [4.69, 9.17) is 0 Å². The lowest BCUT2D eigenvalue weighted by Crippen LogP contribution is -2.28. The summed E-state index contributed by atoms with van der Waals surface area (Å²) in [7, 11) is 1.48. The number of rotatable bonds is 4. The Labute approximate surface area is 186 Å². The van der Waals surface area contributed by atoms with Gasteiger partial charge in [0.15, 0.2) is 0 Å². The summed E-state index contributed by atoms with van der Waals surface area (Å²) in [6.07, 6.45) is 2.66. The number of pyridine rings is 1. The smallest absolute Gasteiger partial charge is 0.269 e. The molecule has 0 spiro atoms. The number of nitrogens with one attached hydrogen (secondary N) is 2. The van der Waals surface area contributed by atoms with Crippen LogP contribution < -0.4 is 10.9 Å². The summed E-state index contributed by atoms with van der Waals surface area (Å²) in [5.41, 5.74) is 4.07. The third kappa shape index (κ3) is 4.42. The van der Waals surface area contributed by atoms with Crippen LogP contribution >= 0.6 is 15.9 Å². The van der Waals surface area contributed by atoms with E-state index >= 15 is 0 Å². The van der Waals surface area contributed by atoms with Crippen molar-refractivity contribution in [3.63, 3.8) is 0 Å². The third-order valence-electron chi connectivity index (χ3n) is 5.33. The topological polar surface area (TPSA) is 91.0 Å². The highest BCUT2D eigenvalue weighted by atomic mass is 79.9. The summed E-state index contributed by atoms with van der Waals surface area (Å²) < 4.78 is 15.3. The van der Waals surface area contributed by atoms with E-state index in [1.165, 1.54) is 13.1 Å². The second-order valence-corrected chi connectivity index (χ2v) is 8.31. The second kappa shape index (κ2) is 8.68. The maximum absolute atomic E-state index is 14.4. The van der Waals surface area contributed by atoms with Gasteiger partial charge in [-0.15, -0.1) is 0 Å². The van der Waals surface area contributed by atoms with Gasteiger partial charge in [0.1, 0.15) is 16.9 Å². The second-order valence-electron chi connectivity index (χ2n) is 7.45. The molecule has 0 fully saturated rings. The Morgan fingerprint density at radius 3 is 2.81 bits per heavy atom. The number of amides is 1. The third-order valence-corrected chi connectivity index (χ3v) is 5.94.